The average molecular weight is 539 g/mol. The summed E-state index contributed by atoms with van der Waals surface area (Å²) in [6, 6.07) is 3.60. The number of nitrogens with two attached hydrogens (primary N) is 1. The molecular formula is C23H26Cl3N7O2. The Kier molecular flexibility index (Phi) is 7.20. The summed E-state index contributed by atoms with van der Waals surface area (Å²) in [6.45, 7) is 1.44. The summed E-state index contributed by atoms with van der Waals surface area (Å²) < 4.78 is 7.52. The van der Waals surface area contributed by atoms with Gasteiger partial charge in [0.1, 0.15) is 5.52 Å². The lowest BCUT2D eigenvalue weighted by molar-refractivity contribution is -0.122. The van der Waals surface area contributed by atoms with Gasteiger partial charge >= 0.3 is 0 Å². The van der Waals surface area contributed by atoms with Crippen molar-refractivity contribution in [2.45, 2.75) is 50.6 Å². The summed E-state index contributed by atoms with van der Waals surface area (Å²) in [6.07, 6.45) is 6.50. The summed E-state index contributed by atoms with van der Waals surface area (Å²) in [7, 11) is 0. The number of aromatic nitrogens is 4. The molecule has 1 amide bonds. The zero-order chi connectivity index (χ0) is 24.5. The predicted molar refractivity (Wildman–Crippen MR) is 138 cm³/mol. The molecule has 3 heterocycles. The molecule has 2 fully saturated rings. The third kappa shape index (κ3) is 5.28. The minimum atomic E-state index is -0.245. The van der Waals surface area contributed by atoms with Gasteiger partial charge in [0.05, 0.1) is 27.0 Å². The molecule has 1 aromatic carbocycles. The van der Waals surface area contributed by atoms with Crippen LogP contribution in [0.3, 0.4) is 0 Å². The number of nitrogens with one attached hydrogen (secondary N) is 2. The van der Waals surface area contributed by atoms with Gasteiger partial charge in [-0.25, -0.2) is 9.97 Å². The summed E-state index contributed by atoms with van der Waals surface area (Å²) in [5, 5.41) is 7.91. The van der Waals surface area contributed by atoms with Crippen molar-refractivity contribution >= 4 is 69.5 Å². The first kappa shape index (κ1) is 24.4. The molecule has 3 aromatic rings. The van der Waals surface area contributed by atoms with Crippen molar-refractivity contribution in [2.75, 3.05) is 23.8 Å². The molecule has 1 saturated heterocycles. The molecule has 9 nitrogen and oxygen atoms in total. The maximum Gasteiger partial charge on any atom is 0.224 e. The topological polar surface area (TPSA) is 120 Å². The van der Waals surface area contributed by atoms with Gasteiger partial charge in [0.2, 0.25) is 17.8 Å². The van der Waals surface area contributed by atoms with Crippen molar-refractivity contribution in [3.8, 4) is 0 Å². The molecule has 186 valence electrons. The van der Waals surface area contributed by atoms with Gasteiger partial charge in [-0.1, -0.05) is 34.8 Å². The minimum Gasteiger partial charge on any atom is -0.381 e. The van der Waals surface area contributed by atoms with Crippen LogP contribution in [0, 0.1) is 5.92 Å². The molecule has 5 rings (SSSR count). The van der Waals surface area contributed by atoms with E-state index in [1.807, 2.05) is 0 Å². The van der Waals surface area contributed by atoms with Gasteiger partial charge in [-0.15, -0.1) is 0 Å². The molecule has 4 N–H and O–H groups in total. The lowest BCUT2D eigenvalue weighted by atomic mass is 9.85. The molecule has 2 aromatic heterocycles. The van der Waals surface area contributed by atoms with Gasteiger partial charge in [0, 0.05) is 31.2 Å². The van der Waals surface area contributed by atoms with Crippen molar-refractivity contribution in [1.82, 2.24) is 19.5 Å². The first-order valence-electron chi connectivity index (χ1n) is 11.7. The first-order chi connectivity index (χ1) is 16.9. The number of imidazole rings is 1. The zero-order valence-corrected chi connectivity index (χ0v) is 21.2. The van der Waals surface area contributed by atoms with E-state index in [1.54, 1.807) is 18.3 Å². The van der Waals surface area contributed by atoms with Crippen LogP contribution in [-0.2, 0) is 9.53 Å². The summed E-state index contributed by atoms with van der Waals surface area (Å²) in [5.41, 5.74) is 7.50. The van der Waals surface area contributed by atoms with E-state index < -0.39 is 0 Å². The Balaban J connectivity index is 1.51. The van der Waals surface area contributed by atoms with Crippen LogP contribution in [-0.4, -0.2) is 44.7 Å². The lowest BCUT2D eigenvalue weighted by Crippen LogP contribution is -2.29. The number of fused-ring (bicyclic) bond motifs is 1. The Morgan fingerprint density at radius 3 is 2.43 bits per heavy atom. The Hall–Kier alpha value is -2.33. The molecular weight excluding hydrogens is 513 g/mol. The smallest absolute Gasteiger partial charge is 0.224 e. The number of amides is 1. The maximum atomic E-state index is 11.7. The fraction of sp³-hybridized carbons (Fsp3) is 0.478. The number of nitrogens with zero attached hydrogens (tertiary/aromatic N) is 4. The second-order valence-corrected chi connectivity index (χ2v) is 10.2. The van der Waals surface area contributed by atoms with Crippen molar-refractivity contribution in [3.05, 3.63) is 33.4 Å². The van der Waals surface area contributed by atoms with Crippen LogP contribution in [0.15, 0.2) is 18.3 Å². The molecule has 1 aliphatic heterocycles. The monoisotopic (exact) mass is 537 g/mol. The van der Waals surface area contributed by atoms with Gasteiger partial charge in [-0.3, -0.25) is 9.36 Å². The molecule has 2 aliphatic rings. The number of anilines is 3. The SMILES string of the molecule is NC(=O)C1CCC(n2c(Nc3cc(Cl)c(Cl)cc3Cl)nc3cnc(NC4CCOCC4)nc32)CC1. The average Bonchev–Trinajstić information content (AvgIpc) is 3.20. The second kappa shape index (κ2) is 10.3. The number of carbonyl (C=O) groups is 1. The van der Waals surface area contributed by atoms with Crippen molar-refractivity contribution in [1.29, 1.82) is 0 Å². The molecule has 0 radical (unpaired) electrons. The van der Waals surface area contributed by atoms with E-state index in [0.717, 1.165) is 38.9 Å². The fourth-order valence-corrected chi connectivity index (χ4v) is 5.37. The zero-order valence-electron chi connectivity index (χ0n) is 18.9. The molecule has 0 bridgehead atoms. The molecule has 0 spiro atoms. The van der Waals surface area contributed by atoms with E-state index in [1.165, 1.54) is 0 Å². The van der Waals surface area contributed by atoms with Gasteiger partial charge in [-0.05, 0) is 50.7 Å². The summed E-state index contributed by atoms with van der Waals surface area (Å²) in [4.78, 5) is 25.8. The van der Waals surface area contributed by atoms with E-state index in [4.69, 9.17) is 55.2 Å². The molecule has 0 unspecified atom stereocenters. The van der Waals surface area contributed by atoms with Crippen LogP contribution in [0.4, 0.5) is 17.6 Å². The molecule has 12 heteroatoms. The standard InChI is InChI=1S/C23H26Cl3N7O2/c24-15-9-17(26)18(10-16(15)25)30-23-31-19-11-28-22(29-13-5-7-35-8-6-13)32-21(19)33(23)14-3-1-12(2-4-14)20(27)34/h9-14H,1-8H2,(H2,27,34)(H,30,31)(H,28,29,32). The van der Waals surface area contributed by atoms with Gasteiger partial charge in [0.15, 0.2) is 5.65 Å². The lowest BCUT2D eigenvalue weighted by Gasteiger charge is -2.29. The van der Waals surface area contributed by atoms with Crippen LogP contribution < -0.4 is 16.4 Å². The Morgan fingerprint density at radius 1 is 1.00 bits per heavy atom. The van der Waals surface area contributed by atoms with Crippen molar-refractivity contribution in [3.63, 3.8) is 0 Å². The van der Waals surface area contributed by atoms with Gasteiger partial charge < -0.3 is 21.1 Å². The highest BCUT2D eigenvalue weighted by Crippen LogP contribution is 2.39. The van der Waals surface area contributed by atoms with E-state index >= 15 is 0 Å². The number of hydrogen-bond acceptors (Lipinski definition) is 7. The highest BCUT2D eigenvalue weighted by molar-refractivity contribution is 6.44. The number of hydrogen-bond donors (Lipinski definition) is 3. The van der Waals surface area contributed by atoms with E-state index in [0.29, 0.717) is 56.7 Å². The van der Waals surface area contributed by atoms with Crippen LogP contribution >= 0.6 is 34.8 Å². The van der Waals surface area contributed by atoms with E-state index in [9.17, 15) is 4.79 Å². The van der Waals surface area contributed by atoms with E-state index in [-0.39, 0.29) is 23.9 Å². The van der Waals surface area contributed by atoms with Crippen molar-refractivity contribution < 1.29 is 9.53 Å². The number of benzene rings is 1. The predicted octanol–water partition coefficient (Wildman–Crippen LogP) is 5.34. The quantitative estimate of drug-likeness (QED) is 0.362. The number of halogens is 3. The Bertz CT molecular complexity index is 1240. The van der Waals surface area contributed by atoms with Crippen molar-refractivity contribution in [2.24, 2.45) is 11.7 Å². The van der Waals surface area contributed by atoms with Crippen LogP contribution in [0.1, 0.15) is 44.6 Å². The third-order valence-electron chi connectivity index (χ3n) is 6.71. The van der Waals surface area contributed by atoms with E-state index in [2.05, 4.69) is 20.2 Å². The number of carbonyl (C=O) groups excluding carboxylic acids is 1. The molecule has 1 saturated carbocycles. The largest absolute Gasteiger partial charge is 0.381 e. The first-order valence-corrected chi connectivity index (χ1v) is 12.8. The van der Waals surface area contributed by atoms with Crippen LogP contribution in [0.25, 0.3) is 11.2 Å². The summed E-state index contributed by atoms with van der Waals surface area (Å²) in [5.74, 6) is 0.767. The summed E-state index contributed by atoms with van der Waals surface area (Å²) >= 11 is 18.8. The number of rotatable bonds is 6. The highest BCUT2D eigenvalue weighted by atomic mass is 35.5. The van der Waals surface area contributed by atoms with Crippen LogP contribution in [0.5, 0.6) is 0 Å². The molecule has 35 heavy (non-hydrogen) atoms. The Labute approximate surface area is 217 Å². The Morgan fingerprint density at radius 2 is 1.71 bits per heavy atom. The third-order valence-corrected chi connectivity index (χ3v) is 7.74. The number of ether oxygens (including phenoxy) is 1. The normalized spacial score (nSPS) is 21.2. The maximum absolute atomic E-state index is 11.7. The number of primary amides is 1. The molecule has 1 aliphatic carbocycles. The minimum absolute atomic E-state index is 0.0745. The van der Waals surface area contributed by atoms with Crippen LogP contribution in [0.2, 0.25) is 15.1 Å². The fourth-order valence-electron chi connectivity index (χ4n) is 4.78. The van der Waals surface area contributed by atoms with Gasteiger partial charge in [0.25, 0.3) is 0 Å². The highest BCUT2D eigenvalue weighted by Gasteiger charge is 2.29. The van der Waals surface area contributed by atoms with Gasteiger partial charge in [-0.2, -0.15) is 4.98 Å². The second-order valence-electron chi connectivity index (χ2n) is 9.02. The molecule has 0 atom stereocenters.